The predicted molar refractivity (Wildman–Crippen MR) is 206 cm³/mol. The van der Waals surface area contributed by atoms with Crippen molar-refractivity contribution in [3.63, 3.8) is 0 Å². The molecule has 1 unspecified atom stereocenters. The summed E-state index contributed by atoms with van der Waals surface area (Å²) in [6.45, 7) is 6.00. The summed E-state index contributed by atoms with van der Waals surface area (Å²) in [5, 5.41) is 5.55. The normalized spacial score (nSPS) is 23.0. The van der Waals surface area contributed by atoms with Crippen LogP contribution in [-0.4, -0.2) is 136 Å². The first kappa shape index (κ1) is 35.6. The van der Waals surface area contributed by atoms with Crippen molar-refractivity contribution < 1.29 is 30.2 Å². The van der Waals surface area contributed by atoms with Gasteiger partial charge >= 0.3 is 6.03 Å². The quantitative estimate of drug-likeness (QED) is 0.281. The first-order valence-electron chi connectivity index (χ1n) is 19.2. The van der Waals surface area contributed by atoms with Gasteiger partial charge in [-0.05, 0) is 67.1 Å². The van der Waals surface area contributed by atoms with Crippen LogP contribution in [-0.2, 0) is 22.6 Å². The summed E-state index contributed by atoms with van der Waals surface area (Å²) in [5.41, 5.74) is 10.4. The van der Waals surface area contributed by atoms with Crippen LogP contribution in [0.15, 0.2) is 42.6 Å². The third kappa shape index (κ3) is 6.24. The van der Waals surface area contributed by atoms with Crippen LogP contribution >= 0.6 is 0 Å². The van der Waals surface area contributed by atoms with E-state index in [1.807, 2.05) is 24.1 Å². The van der Waals surface area contributed by atoms with Crippen LogP contribution in [0, 0.1) is 0 Å². The monoisotopic (exact) mass is 763 g/mol. The van der Waals surface area contributed by atoms with Gasteiger partial charge < -0.3 is 30.7 Å². The number of imide groups is 2. The molecule has 7 heterocycles. The fourth-order valence-corrected chi connectivity index (χ4v) is 8.88. The van der Waals surface area contributed by atoms with Crippen LogP contribution in [0.1, 0.15) is 69.4 Å². The maximum atomic E-state index is 13.3. The number of likely N-dealkylation sites (N-methyl/N-ethyl adjacent to an activating group) is 1. The SMILES string of the molecule is CN1CCN([C@@H]2CCCN(c3cnc(C(N)=O)c(Nc4ccc5c(c4)CCN(C4CN(c6ccc7c(c6)C(=O)N(C6CCC(=O)NC6=O)C7=O)C4)C5)n3)C2)C1=O.[HH]. The zero-order valence-corrected chi connectivity index (χ0v) is 31.1. The number of amides is 7. The predicted octanol–water partition coefficient (Wildman–Crippen LogP) is 1.55. The van der Waals surface area contributed by atoms with Crippen molar-refractivity contribution in [2.75, 3.05) is 68.0 Å². The third-order valence-electron chi connectivity index (χ3n) is 12.1. The molecule has 9 rings (SSSR count). The summed E-state index contributed by atoms with van der Waals surface area (Å²) in [4.78, 5) is 96.3. The maximum absolute atomic E-state index is 13.3. The molecule has 1 aromatic heterocycles. The fraction of sp³-hybridized carbons (Fsp3) is 0.436. The topological polar surface area (TPSA) is 198 Å². The number of hydrogen-bond acceptors (Lipinski definition) is 12. The van der Waals surface area contributed by atoms with Gasteiger partial charge in [-0.1, -0.05) is 6.07 Å². The number of carbonyl (C=O) groups excluding carboxylic acids is 6. The highest BCUT2D eigenvalue weighted by Crippen LogP contribution is 2.35. The summed E-state index contributed by atoms with van der Waals surface area (Å²) in [6, 6.07) is 10.8. The number of hydrogen-bond donors (Lipinski definition) is 3. The minimum Gasteiger partial charge on any atom is -0.368 e. The Labute approximate surface area is 324 Å². The average Bonchev–Trinajstić information content (AvgIpc) is 3.63. The summed E-state index contributed by atoms with van der Waals surface area (Å²) < 4.78 is 0. The van der Waals surface area contributed by atoms with Gasteiger partial charge in [0, 0.05) is 84.7 Å². The van der Waals surface area contributed by atoms with Crippen molar-refractivity contribution in [3.8, 4) is 0 Å². The summed E-state index contributed by atoms with van der Waals surface area (Å²) in [5.74, 6) is -1.80. The van der Waals surface area contributed by atoms with E-state index in [0.29, 0.717) is 30.8 Å². The molecule has 0 saturated carbocycles. The second-order valence-electron chi connectivity index (χ2n) is 15.5. The second-order valence-corrected chi connectivity index (χ2v) is 15.5. The molecule has 4 N–H and O–H groups in total. The molecule has 6 aliphatic heterocycles. The van der Waals surface area contributed by atoms with E-state index in [1.165, 1.54) is 11.1 Å². The van der Waals surface area contributed by atoms with Gasteiger partial charge in [0.15, 0.2) is 11.5 Å². The smallest absolute Gasteiger partial charge is 0.320 e. The Morgan fingerprint density at radius 3 is 2.45 bits per heavy atom. The number of aromatic nitrogens is 2. The molecule has 4 fully saturated rings. The lowest BCUT2D eigenvalue weighted by atomic mass is 9.95. The lowest BCUT2D eigenvalue weighted by Crippen LogP contribution is -2.60. The van der Waals surface area contributed by atoms with Crippen LogP contribution in [0.3, 0.4) is 0 Å². The lowest BCUT2D eigenvalue weighted by molar-refractivity contribution is -0.136. The molecule has 56 heavy (non-hydrogen) atoms. The Morgan fingerprint density at radius 1 is 0.875 bits per heavy atom. The van der Waals surface area contributed by atoms with Gasteiger partial charge in [0.05, 0.1) is 23.4 Å². The van der Waals surface area contributed by atoms with Gasteiger partial charge in [-0.3, -0.25) is 39.1 Å². The van der Waals surface area contributed by atoms with E-state index >= 15 is 0 Å². The van der Waals surface area contributed by atoms with Crippen LogP contribution in [0.4, 0.5) is 27.8 Å². The highest BCUT2D eigenvalue weighted by molar-refractivity contribution is 6.23. The van der Waals surface area contributed by atoms with E-state index in [-0.39, 0.29) is 43.2 Å². The van der Waals surface area contributed by atoms with Crippen molar-refractivity contribution in [1.29, 1.82) is 0 Å². The Bertz CT molecular complexity index is 2200. The number of benzene rings is 2. The second kappa shape index (κ2) is 13.9. The van der Waals surface area contributed by atoms with Crippen molar-refractivity contribution >= 4 is 58.6 Å². The van der Waals surface area contributed by atoms with Gasteiger partial charge in [0.25, 0.3) is 17.7 Å². The molecule has 0 bridgehead atoms. The molecule has 2 aromatic carbocycles. The van der Waals surface area contributed by atoms with Crippen molar-refractivity contribution in [3.05, 3.63) is 70.5 Å². The molecule has 4 saturated heterocycles. The van der Waals surface area contributed by atoms with E-state index in [4.69, 9.17) is 10.7 Å². The van der Waals surface area contributed by atoms with Crippen LogP contribution < -0.4 is 26.2 Å². The molecule has 2 atom stereocenters. The minimum absolute atomic E-state index is 0. The number of piperidine rings is 2. The Kier molecular flexibility index (Phi) is 8.82. The highest BCUT2D eigenvalue weighted by atomic mass is 16.2. The number of nitrogens with two attached hydrogens (primary N) is 1. The first-order chi connectivity index (χ1) is 27.0. The lowest BCUT2D eigenvalue weighted by Gasteiger charge is -2.48. The molecule has 0 radical (unpaired) electrons. The zero-order valence-electron chi connectivity index (χ0n) is 31.1. The largest absolute Gasteiger partial charge is 0.368 e. The molecule has 0 spiro atoms. The van der Waals surface area contributed by atoms with Crippen LogP contribution in [0.5, 0.6) is 0 Å². The molecular formula is C39H45N11O6. The summed E-state index contributed by atoms with van der Waals surface area (Å²) in [7, 11) is 1.82. The van der Waals surface area contributed by atoms with Gasteiger partial charge in [-0.15, -0.1) is 0 Å². The molecule has 292 valence electrons. The zero-order chi connectivity index (χ0) is 38.8. The van der Waals surface area contributed by atoms with Crippen LogP contribution in [0.25, 0.3) is 0 Å². The van der Waals surface area contributed by atoms with Gasteiger partial charge in [0.1, 0.15) is 11.9 Å². The Hall–Kier alpha value is -6.10. The summed E-state index contributed by atoms with van der Waals surface area (Å²) >= 11 is 0. The number of nitrogens with one attached hydrogen (secondary N) is 2. The molecule has 3 aromatic rings. The minimum atomic E-state index is -0.992. The molecular weight excluding hydrogens is 719 g/mol. The maximum Gasteiger partial charge on any atom is 0.320 e. The van der Waals surface area contributed by atoms with Crippen molar-refractivity contribution in [2.45, 2.75) is 56.8 Å². The van der Waals surface area contributed by atoms with Gasteiger partial charge in [-0.2, -0.15) is 0 Å². The Balaban J connectivity index is 0.00000455. The van der Waals surface area contributed by atoms with E-state index in [9.17, 15) is 28.8 Å². The molecule has 7 amide bonds. The number of fused-ring (bicyclic) bond motifs is 2. The van der Waals surface area contributed by atoms with E-state index in [1.54, 1.807) is 23.2 Å². The highest BCUT2D eigenvalue weighted by Gasteiger charge is 2.45. The molecule has 6 aliphatic rings. The standard InChI is InChI=1S/C39H43N11O6.H2/c1-45-13-14-49(39(45)56)26-3-2-11-47(19-26)31-17-41-33(34(40)52)35(43-31)42-24-5-4-23-18-46(12-10-22(23)15-24)27-20-48(21-27)25-6-7-28-29(16-25)38(55)50(37(28)54)30-8-9-32(51)44-36(30)53;/h4-7,15-17,26-27,30H,2-3,8-14,18-21H2,1H3,(H2,40,52)(H,42,43)(H,44,51,53);1H/t26-,30?;/m1./s1. The van der Waals surface area contributed by atoms with E-state index in [2.05, 4.69) is 42.5 Å². The van der Waals surface area contributed by atoms with Gasteiger partial charge in [-0.25, -0.2) is 14.8 Å². The first-order valence-corrected chi connectivity index (χ1v) is 19.2. The number of rotatable bonds is 8. The average molecular weight is 764 g/mol. The van der Waals surface area contributed by atoms with Gasteiger partial charge in [0.2, 0.25) is 11.8 Å². The van der Waals surface area contributed by atoms with E-state index < -0.39 is 35.6 Å². The molecule has 17 heteroatoms. The Morgan fingerprint density at radius 2 is 1.68 bits per heavy atom. The van der Waals surface area contributed by atoms with Crippen molar-refractivity contribution in [2.24, 2.45) is 5.73 Å². The number of primary amides is 1. The number of anilines is 4. The third-order valence-corrected chi connectivity index (χ3v) is 12.1. The molecule has 17 nitrogen and oxygen atoms in total. The fourth-order valence-electron chi connectivity index (χ4n) is 8.88. The van der Waals surface area contributed by atoms with Crippen LogP contribution in [0.2, 0.25) is 0 Å². The number of carbonyl (C=O) groups is 6. The number of urea groups is 1. The molecule has 0 aliphatic carbocycles. The summed E-state index contributed by atoms with van der Waals surface area (Å²) in [6.07, 6.45) is 4.44. The van der Waals surface area contributed by atoms with E-state index in [0.717, 1.165) is 74.8 Å². The van der Waals surface area contributed by atoms with Crippen molar-refractivity contribution in [1.82, 2.24) is 34.9 Å². The number of nitrogens with zero attached hydrogens (tertiary/aromatic N) is 8.